The molecule has 0 radical (unpaired) electrons. The van der Waals surface area contributed by atoms with Crippen LogP contribution in [-0.4, -0.2) is 21.6 Å². The van der Waals surface area contributed by atoms with Crippen LogP contribution in [0.4, 0.5) is 0 Å². The second-order valence-electron chi connectivity index (χ2n) is 5.39. The molecule has 0 atom stereocenters. The number of nitrogens with one attached hydrogen (secondary N) is 2. The number of hydrazine groups is 1. The average Bonchev–Trinajstić information content (AvgIpc) is 2.61. The molecule has 26 heavy (non-hydrogen) atoms. The molecule has 2 N–H and O–H groups in total. The average molecular weight is 391 g/mol. The van der Waals surface area contributed by atoms with Crippen LogP contribution in [-0.2, 0) is 7.05 Å². The van der Waals surface area contributed by atoms with Gasteiger partial charge >= 0.3 is 0 Å². The van der Waals surface area contributed by atoms with Gasteiger partial charge < -0.3 is 0 Å². The molecule has 0 aliphatic rings. The summed E-state index contributed by atoms with van der Waals surface area (Å²) in [6.45, 7) is 0. The lowest BCUT2D eigenvalue weighted by Crippen LogP contribution is -2.42. The van der Waals surface area contributed by atoms with Crippen molar-refractivity contribution in [3.8, 4) is 0 Å². The summed E-state index contributed by atoms with van der Waals surface area (Å²) in [5.41, 5.74) is 4.40. The highest BCUT2D eigenvalue weighted by Crippen LogP contribution is 2.19. The first-order valence-corrected chi connectivity index (χ1v) is 8.15. The Bertz CT molecular complexity index is 1070. The van der Waals surface area contributed by atoms with Crippen LogP contribution in [0.5, 0.6) is 0 Å². The molecule has 132 valence electrons. The van der Waals surface area contributed by atoms with Crippen LogP contribution < -0.4 is 16.4 Å². The van der Waals surface area contributed by atoms with E-state index in [4.69, 9.17) is 23.2 Å². The fraction of sp³-hybridized carbons (Fsp3) is 0.0588. The van der Waals surface area contributed by atoms with Gasteiger partial charge in [-0.3, -0.25) is 25.2 Å². The van der Waals surface area contributed by atoms with Gasteiger partial charge in [-0.05, 0) is 24.3 Å². The molecule has 1 aromatic heterocycles. The molecule has 0 fully saturated rings. The lowest BCUT2D eigenvalue weighted by atomic mass is 10.1. The predicted octanol–water partition coefficient (Wildman–Crippen LogP) is 2.32. The molecule has 1 heterocycles. The van der Waals surface area contributed by atoms with Crippen molar-refractivity contribution in [1.29, 1.82) is 0 Å². The van der Waals surface area contributed by atoms with Crippen molar-refractivity contribution in [1.82, 2.24) is 20.6 Å². The number of hydrogen-bond donors (Lipinski definition) is 2. The van der Waals surface area contributed by atoms with Gasteiger partial charge in [0, 0.05) is 28.0 Å². The summed E-state index contributed by atoms with van der Waals surface area (Å²) in [5.74, 6) is -1.27. The summed E-state index contributed by atoms with van der Waals surface area (Å²) in [4.78, 5) is 36.7. The molecule has 0 saturated heterocycles. The Labute approximate surface area is 157 Å². The van der Waals surface area contributed by atoms with E-state index in [9.17, 15) is 14.4 Å². The van der Waals surface area contributed by atoms with E-state index in [0.717, 1.165) is 4.68 Å². The zero-order valence-electron chi connectivity index (χ0n) is 13.4. The maximum absolute atomic E-state index is 12.4. The van der Waals surface area contributed by atoms with Crippen molar-refractivity contribution in [3.63, 3.8) is 0 Å². The van der Waals surface area contributed by atoms with Crippen molar-refractivity contribution >= 4 is 45.8 Å². The van der Waals surface area contributed by atoms with Gasteiger partial charge in [0.2, 0.25) is 0 Å². The third kappa shape index (κ3) is 3.54. The van der Waals surface area contributed by atoms with Crippen LogP contribution in [0, 0.1) is 0 Å². The van der Waals surface area contributed by atoms with E-state index >= 15 is 0 Å². The lowest BCUT2D eigenvalue weighted by molar-refractivity contribution is 0.0844. The van der Waals surface area contributed by atoms with Crippen LogP contribution in [0.1, 0.15) is 20.8 Å². The molecule has 7 nitrogen and oxygen atoms in total. The summed E-state index contributed by atoms with van der Waals surface area (Å²) in [6, 6.07) is 10.9. The number of rotatable bonds is 2. The summed E-state index contributed by atoms with van der Waals surface area (Å²) >= 11 is 11.7. The molecule has 3 aromatic rings. The molecule has 0 spiro atoms. The van der Waals surface area contributed by atoms with E-state index in [0.29, 0.717) is 20.8 Å². The fourth-order valence-electron chi connectivity index (χ4n) is 2.40. The number of amides is 2. The van der Waals surface area contributed by atoms with Crippen LogP contribution in [0.3, 0.4) is 0 Å². The molecule has 0 bridgehead atoms. The van der Waals surface area contributed by atoms with Gasteiger partial charge in [0.25, 0.3) is 17.4 Å². The number of aryl methyl sites for hydroxylation is 1. The molecule has 0 aliphatic carbocycles. The topological polar surface area (TPSA) is 93.1 Å². The van der Waals surface area contributed by atoms with Gasteiger partial charge in [0.1, 0.15) is 0 Å². The molecule has 0 saturated carbocycles. The fourth-order valence-corrected chi connectivity index (χ4v) is 2.92. The van der Waals surface area contributed by atoms with Gasteiger partial charge in [-0.15, -0.1) is 0 Å². The van der Waals surface area contributed by atoms with Crippen LogP contribution >= 0.6 is 23.2 Å². The Kier molecular flexibility index (Phi) is 4.92. The first kappa shape index (κ1) is 17.9. The minimum Gasteiger partial charge on any atom is -0.267 e. The van der Waals surface area contributed by atoms with Gasteiger partial charge in [-0.1, -0.05) is 41.4 Å². The standard InChI is InChI=1S/C17H12Cl2N4O3/c1-23-17(26)13-5-3-2-4-12(13)14(22-23)16(25)21-20-15(24)9-6-10(18)8-11(19)7-9/h2-8H,1H3,(H,20,24)(H,21,25). The number of benzene rings is 2. The van der Waals surface area contributed by atoms with E-state index < -0.39 is 11.8 Å². The van der Waals surface area contributed by atoms with E-state index in [1.807, 2.05) is 0 Å². The number of nitrogens with zero attached hydrogens (tertiary/aromatic N) is 2. The summed E-state index contributed by atoms with van der Waals surface area (Å²) in [6.07, 6.45) is 0. The molecule has 2 aromatic carbocycles. The number of hydrogen-bond acceptors (Lipinski definition) is 4. The molecular formula is C17H12Cl2N4O3. The Balaban J connectivity index is 1.85. The number of halogens is 2. The second kappa shape index (κ2) is 7.15. The lowest BCUT2D eigenvalue weighted by Gasteiger charge is -2.10. The normalized spacial score (nSPS) is 10.6. The van der Waals surface area contributed by atoms with Crippen LogP contribution in [0.25, 0.3) is 10.8 Å². The molecule has 0 unspecified atom stereocenters. The summed E-state index contributed by atoms with van der Waals surface area (Å²) < 4.78 is 1.07. The van der Waals surface area contributed by atoms with Crippen LogP contribution in [0.15, 0.2) is 47.3 Å². The molecule has 9 heteroatoms. The Hall–Kier alpha value is -2.90. The van der Waals surface area contributed by atoms with E-state index in [2.05, 4.69) is 16.0 Å². The molecule has 3 rings (SSSR count). The number of fused-ring (bicyclic) bond motifs is 1. The molecular weight excluding hydrogens is 379 g/mol. The molecule has 0 aliphatic heterocycles. The van der Waals surface area contributed by atoms with E-state index in [1.54, 1.807) is 24.3 Å². The third-order valence-electron chi connectivity index (χ3n) is 3.59. The highest BCUT2D eigenvalue weighted by molar-refractivity contribution is 6.35. The number of carbonyl (C=O) groups is 2. The molecule has 2 amide bonds. The van der Waals surface area contributed by atoms with Crippen molar-refractivity contribution < 1.29 is 9.59 Å². The second-order valence-corrected chi connectivity index (χ2v) is 6.26. The highest BCUT2D eigenvalue weighted by Gasteiger charge is 2.16. The highest BCUT2D eigenvalue weighted by atomic mass is 35.5. The van der Waals surface area contributed by atoms with Crippen molar-refractivity contribution in [2.24, 2.45) is 7.05 Å². The van der Waals surface area contributed by atoms with E-state index in [-0.39, 0.29) is 16.8 Å². The van der Waals surface area contributed by atoms with Crippen molar-refractivity contribution in [3.05, 3.63) is 74.1 Å². The zero-order chi connectivity index (χ0) is 18.8. The van der Waals surface area contributed by atoms with Crippen molar-refractivity contribution in [2.75, 3.05) is 0 Å². The quantitative estimate of drug-likeness (QED) is 0.656. The predicted molar refractivity (Wildman–Crippen MR) is 98.4 cm³/mol. The number of carbonyl (C=O) groups excluding carboxylic acids is 2. The Morgan fingerprint density at radius 1 is 0.962 bits per heavy atom. The number of aromatic nitrogens is 2. The summed E-state index contributed by atoms with van der Waals surface area (Å²) in [5, 5.41) is 5.29. The zero-order valence-corrected chi connectivity index (χ0v) is 14.9. The Morgan fingerprint density at radius 2 is 1.54 bits per heavy atom. The van der Waals surface area contributed by atoms with Gasteiger partial charge in [-0.25, -0.2) is 4.68 Å². The van der Waals surface area contributed by atoms with Crippen molar-refractivity contribution in [2.45, 2.75) is 0 Å². The van der Waals surface area contributed by atoms with Crippen LogP contribution in [0.2, 0.25) is 10.0 Å². The minimum atomic E-state index is -0.668. The maximum atomic E-state index is 12.4. The largest absolute Gasteiger partial charge is 0.290 e. The first-order chi connectivity index (χ1) is 12.4. The summed E-state index contributed by atoms with van der Waals surface area (Å²) in [7, 11) is 1.44. The monoisotopic (exact) mass is 390 g/mol. The smallest absolute Gasteiger partial charge is 0.267 e. The maximum Gasteiger partial charge on any atom is 0.290 e. The van der Waals surface area contributed by atoms with Gasteiger partial charge in [0.05, 0.1) is 5.39 Å². The van der Waals surface area contributed by atoms with Gasteiger partial charge in [-0.2, -0.15) is 5.10 Å². The Morgan fingerprint density at radius 3 is 2.19 bits per heavy atom. The van der Waals surface area contributed by atoms with Gasteiger partial charge in [0.15, 0.2) is 5.69 Å². The third-order valence-corrected chi connectivity index (χ3v) is 4.02. The first-order valence-electron chi connectivity index (χ1n) is 7.39. The SMILES string of the molecule is Cn1nc(C(=O)NNC(=O)c2cc(Cl)cc(Cl)c2)c2ccccc2c1=O. The van der Waals surface area contributed by atoms with E-state index in [1.165, 1.54) is 25.2 Å². The minimum absolute atomic E-state index is 0.00660.